The van der Waals surface area contributed by atoms with Crippen LogP contribution in [0.2, 0.25) is 0 Å². The van der Waals surface area contributed by atoms with Crippen LogP contribution in [-0.4, -0.2) is 42.7 Å². The summed E-state index contributed by atoms with van der Waals surface area (Å²) in [5.41, 5.74) is 5.07. The van der Waals surface area contributed by atoms with E-state index < -0.39 is 9.84 Å². The largest absolute Gasteiger partial charge is 0.490 e. The first kappa shape index (κ1) is 22.5. The third-order valence-electron chi connectivity index (χ3n) is 6.52. The maximum absolute atomic E-state index is 13.6. The number of ether oxygens (including phenoxy) is 1. The Hall–Kier alpha value is -3.32. The number of hydrogen-bond acceptors (Lipinski definition) is 4. The van der Waals surface area contributed by atoms with Crippen molar-refractivity contribution in [2.45, 2.75) is 37.8 Å². The predicted molar refractivity (Wildman–Crippen MR) is 134 cm³/mol. The molecule has 6 nitrogen and oxygen atoms in total. The van der Waals surface area contributed by atoms with Crippen LogP contribution in [0.4, 0.5) is 0 Å². The van der Waals surface area contributed by atoms with E-state index in [9.17, 15) is 13.2 Å². The molecule has 0 unspecified atom stereocenters. The van der Waals surface area contributed by atoms with Gasteiger partial charge in [-0.05, 0) is 55.7 Å². The molecule has 0 aliphatic carbocycles. The van der Waals surface area contributed by atoms with Crippen molar-refractivity contribution in [1.29, 1.82) is 0 Å². The zero-order valence-corrected chi connectivity index (χ0v) is 20.6. The van der Waals surface area contributed by atoms with Gasteiger partial charge in [0, 0.05) is 42.7 Å². The van der Waals surface area contributed by atoms with Crippen LogP contribution in [0.1, 0.15) is 35.3 Å². The molecular weight excluding hydrogens is 448 g/mol. The molecule has 2 heterocycles. The quantitative estimate of drug-likeness (QED) is 0.427. The number of aryl methyl sites for hydroxylation is 1. The fraction of sp³-hybridized carbons (Fsp3) is 0.296. The molecule has 176 valence electrons. The Morgan fingerprint density at radius 3 is 2.53 bits per heavy atom. The van der Waals surface area contributed by atoms with E-state index in [0.717, 1.165) is 18.2 Å². The Morgan fingerprint density at radius 2 is 1.79 bits per heavy atom. The second-order valence-corrected chi connectivity index (χ2v) is 11.3. The van der Waals surface area contributed by atoms with Gasteiger partial charge in [0.05, 0.1) is 22.1 Å². The molecule has 7 heteroatoms. The van der Waals surface area contributed by atoms with Crippen LogP contribution >= 0.6 is 0 Å². The molecule has 0 N–H and O–H groups in total. The highest BCUT2D eigenvalue weighted by atomic mass is 32.2. The molecule has 0 saturated heterocycles. The number of hydrogen-bond donors (Lipinski definition) is 0. The lowest BCUT2D eigenvalue weighted by atomic mass is 9.96. The highest BCUT2D eigenvalue weighted by molar-refractivity contribution is 7.90. The molecule has 0 saturated carbocycles. The maximum Gasteiger partial charge on any atom is 0.257 e. The maximum atomic E-state index is 13.6. The molecule has 1 aromatic heterocycles. The first-order valence-electron chi connectivity index (χ1n) is 11.4. The highest BCUT2D eigenvalue weighted by Crippen LogP contribution is 2.35. The monoisotopic (exact) mass is 476 g/mol. The third kappa shape index (κ3) is 3.74. The smallest absolute Gasteiger partial charge is 0.257 e. The van der Waals surface area contributed by atoms with Gasteiger partial charge >= 0.3 is 0 Å². The van der Waals surface area contributed by atoms with E-state index in [4.69, 9.17) is 4.74 Å². The topological polar surface area (TPSA) is 68.6 Å². The van der Waals surface area contributed by atoms with Crippen LogP contribution in [0.5, 0.6) is 5.75 Å². The Kier molecular flexibility index (Phi) is 5.40. The molecule has 5 rings (SSSR count). The van der Waals surface area contributed by atoms with E-state index in [2.05, 4.69) is 48.0 Å². The second-order valence-electron chi connectivity index (χ2n) is 9.25. The van der Waals surface area contributed by atoms with Gasteiger partial charge in [-0.15, -0.1) is 0 Å². The van der Waals surface area contributed by atoms with Gasteiger partial charge < -0.3 is 14.2 Å². The summed E-state index contributed by atoms with van der Waals surface area (Å²) in [4.78, 5) is 15.5. The third-order valence-corrected chi connectivity index (χ3v) is 7.63. The predicted octanol–water partition coefficient (Wildman–Crippen LogP) is 4.72. The van der Waals surface area contributed by atoms with Crippen molar-refractivity contribution in [3.05, 3.63) is 71.3 Å². The summed E-state index contributed by atoms with van der Waals surface area (Å²) < 4.78 is 32.4. The van der Waals surface area contributed by atoms with Crippen molar-refractivity contribution in [3.63, 3.8) is 0 Å². The van der Waals surface area contributed by atoms with Gasteiger partial charge in [0.1, 0.15) is 5.75 Å². The van der Waals surface area contributed by atoms with Crippen molar-refractivity contribution < 1.29 is 17.9 Å². The van der Waals surface area contributed by atoms with Crippen molar-refractivity contribution in [2.24, 2.45) is 7.05 Å². The van der Waals surface area contributed by atoms with Gasteiger partial charge in [-0.1, -0.05) is 30.3 Å². The summed E-state index contributed by atoms with van der Waals surface area (Å²) in [5, 5.41) is 2.46. The van der Waals surface area contributed by atoms with Gasteiger partial charge in [-0.3, -0.25) is 4.79 Å². The summed E-state index contributed by atoms with van der Waals surface area (Å²) in [6, 6.07) is 17.2. The van der Waals surface area contributed by atoms with Crippen LogP contribution in [0.3, 0.4) is 0 Å². The number of fused-ring (bicyclic) bond motifs is 5. The summed E-state index contributed by atoms with van der Waals surface area (Å²) >= 11 is 0. The van der Waals surface area contributed by atoms with Crippen molar-refractivity contribution >= 4 is 37.6 Å². The standard InChI is InChI=1S/C27H28N2O4S/c1-17(2)33-25-12-10-19(34(4,31)32)15-23(25)27(30)29-14-13-20-18(16-29)9-11-22-21-7-5-6-8-24(21)28(3)26(20)22/h5-12,15,17H,13-14,16H2,1-4H3. The van der Waals surface area contributed by atoms with Crippen LogP contribution < -0.4 is 4.74 Å². The number of nitrogens with zero attached hydrogens (tertiary/aromatic N) is 2. The summed E-state index contributed by atoms with van der Waals surface area (Å²) in [6.45, 7) is 4.78. The Balaban J connectivity index is 1.54. The fourth-order valence-electron chi connectivity index (χ4n) is 4.96. The normalized spacial score (nSPS) is 14.1. The summed E-state index contributed by atoms with van der Waals surface area (Å²) in [6.07, 6.45) is 1.73. The molecule has 0 bridgehead atoms. The van der Waals surface area contributed by atoms with Gasteiger partial charge in [-0.2, -0.15) is 0 Å². The van der Waals surface area contributed by atoms with Gasteiger partial charge in [0.2, 0.25) is 0 Å². The number of sulfone groups is 1. The SMILES string of the molecule is CC(C)Oc1ccc(S(C)(=O)=O)cc1C(=O)N1CCc2c(ccc3c4ccccc4n(C)c23)C1. The van der Waals surface area contributed by atoms with E-state index in [-0.39, 0.29) is 22.5 Å². The molecule has 1 amide bonds. The Bertz CT molecular complexity index is 1550. The van der Waals surface area contributed by atoms with Crippen LogP contribution in [0.25, 0.3) is 21.8 Å². The van der Waals surface area contributed by atoms with Gasteiger partial charge in [0.25, 0.3) is 5.91 Å². The molecule has 0 atom stereocenters. The molecular formula is C27H28N2O4S. The lowest BCUT2D eigenvalue weighted by Gasteiger charge is -2.30. The van der Waals surface area contributed by atoms with Gasteiger partial charge in [-0.25, -0.2) is 8.42 Å². The van der Waals surface area contributed by atoms with Crippen LogP contribution in [-0.2, 0) is 29.9 Å². The molecule has 4 aromatic rings. The Labute approximate surface area is 199 Å². The van der Waals surface area contributed by atoms with Crippen LogP contribution in [0.15, 0.2) is 59.5 Å². The number of carbonyl (C=O) groups is 1. The molecule has 0 fully saturated rings. The Morgan fingerprint density at radius 1 is 1.03 bits per heavy atom. The van der Waals surface area contributed by atoms with E-state index in [1.165, 1.54) is 39.5 Å². The lowest BCUT2D eigenvalue weighted by molar-refractivity contribution is 0.0728. The minimum Gasteiger partial charge on any atom is -0.490 e. The minimum absolute atomic E-state index is 0.113. The zero-order chi connectivity index (χ0) is 24.2. The molecule has 1 aliphatic heterocycles. The van der Waals surface area contributed by atoms with E-state index in [1.807, 2.05) is 13.8 Å². The number of carbonyl (C=O) groups excluding carboxylic acids is 1. The number of benzene rings is 3. The van der Waals surface area contributed by atoms with Gasteiger partial charge in [0.15, 0.2) is 9.84 Å². The minimum atomic E-state index is -3.45. The number of aromatic nitrogens is 1. The van der Waals surface area contributed by atoms with Crippen molar-refractivity contribution in [3.8, 4) is 5.75 Å². The van der Waals surface area contributed by atoms with Crippen molar-refractivity contribution in [1.82, 2.24) is 9.47 Å². The molecule has 0 radical (unpaired) electrons. The number of amides is 1. The van der Waals surface area contributed by atoms with E-state index in [0.29, 0.717) is 18.8 Å². The first-order chi connectivity index (χ1) is 16.1. The number of rotatable bonds is 4. The summed E-state index contributed by atoms with van der Waals surface area (Å²) in [7, 11) is -1.36. The molecule has 1 aliphatic rings. The first-order valence-corrected chi connectivity index (χ1v) is 13.3. The molecule has 34 heavy (non-hydrogen) atoms. The highest BCUT2D eigenvalue weighted by Gasteiger charge is 2.27. The molecule has 3 aromatic carbocycles. The number of para-hydroxylation sites is 1. The van der Waals surface area contributed by atoms with Crippen LogP contribution in [0, 0.1) is 0 Å². The van der Waals surface area contributed by atoms with E-state index >= 15 is 0 Å². The molecule has 0 spiro atoms. The second kappa shape index (κ2) is 8.17. The van der Waals surface area contributed by atoms with Crippen molar-refractivity contribution in [2.75, 3.05) is 12.8 Å². The average molecular weight is 477 g/mol. The van der Waals surface area contributed by atoms with E-state index in [1.54, 1.807) is 11.0 Å². The zero-order valence-electron chi connectivity index (χ0n) is 19.8. The lowest BCUT2D eigenvalue weighted by Crippen LogP contribution is -2.36. The summed E-state index contributed by atoms with van der Waals surface area (Å²) in [5.74, 6) is 0.186. The average Bonchev–Trinajstić information content (AvgIpc) is 3.10. The fourth-order valence-corrected chi connectivity index (χ4v) is 5.61.